The molecule has 2 amide bonds. The zero-order chi connectivity index (χ0) is 18.7. The van der Waals surface area contributed by atoms with Gasteiger partial charge in [0.1, 0.15) is 11.8 Å². The maximum atomic E-state index is 12.8. The Morgan fingerprint density at radius 3 is 2.77 bits per heavy atom. The highest BCUT2D eigenvalue weighted by Crippen LogP contribution is 2.40. The van der Waals surface area contributed by atoms with Crippen molar-refractivity contribution in [2.45, 2.75) is 26.3 Å². The van der Waals surface area contributed by atoms with Crippen LogP contribution >= 0.6 is 11.6 Å². The summed E-state index contributed by atoms with van der Waals surface area (Å²) in [6.45, 7) is 4.36. The van der Waals surface area contributed by atoms with Gasteiger partial charge >= 0.3 is 0 Å². The van der Waals surface area contributed by atoms with Crippen molar-refractivity contribution < 1.29 is 14.3 Å². The Hall–Kier alpha value is -2.53. The molecule has 0 fully saturated rings. The number of fused-ring (bicyclic) bond motifs is 1. The van der Waals surface area contributed by atoms with E-state index in [0.717, 1.165) is 16.9 Å². The summed E-state index contributed by atoms with van der Waals surface area (Å²) >= 11 is 6.32. The highest BCUT2D eigenvalue weighted by molar-refractivity contribution is 6.34. The van der Waals surface area contributed by atoms with Crippen LogP contribution in [0.5, 0.6) is 5.75 Å². The van der Waals surface area contributed by atoms with Gasteiger partial charge in [-0.1, -0.05) is 35.9 Å². The van der Waals surface area contributed by atoms with Gasteiger partial charge in [-0.05, 0) is 37.1 Å². The molecule has 0 bridgehead atoms. The van der Waals surface area contributed by atoms with Crippen molar-refractivity contribution in [2.75, 3.05) is 18.1 Å². The second-order valence-electron chi connectivity index (χ2n) is 6.32. The number of ether oxygens (including phenoxy) is 1. The Morgan fingerprint density at radius 2 is 2.04 bits per heavy atom. The van der Waals surface area contributed by atoms with Gasteiger partial charge in [-0.2, -0.15) is 0 Å². The predicted molar refractivity (Wildman–Crippen MR) is 102 cm³/mol. The zero-order valence-electron chi connectivity index (χ0n) is 14.8. The first-order chi connectivity index (χ1) is 12.5. The number of benzene rings is 2. The van der Waals surface area contributed by atoms with E-state index < -0.39 is 6.04 Å². The number of hydrogen-bond donors (Lipinski definition) is 1. The van der Waals surface area contributed by atoms with Crippen LogP contribution in [0.15, 0.2) is 42.5 Å². The summed E-state index contributed by atoms with van der Waals surface area (Å²) < 4.78 is 5.75. The van der Waals surface area contributed by atoms with Gasteiger partial charge in [0.25, 0.3) is 5.91 Å². The predicted octanol–water partition coefficient (Wildman–Crippen LogP) is 3.64. The van der Waals surface area contributed by atoms with E-state index in [1.54, 1.807) is 17.0 Å². The average molecular weight is 373 g/mol. The number of hydrogen-bond acceptors (Lipinski definition) is 3. The monoisotopic (exact) mass is 372 g/mol. The van der Waals surface area contributed by atoms with Crippen molar-refractivity contribution in [3.8, 4) is 5.75 Å². The summed E-state index contributed by atoms with van der Waals surface area (Å²) in [6, 6.07) is 12.5. The van der Waals surface area contributed by atoms with Crippen molar-refractivity contribution in [2.24, 2.45) is 0 Å². The summed E-state index contributed by atoms with van der Waals surface area (Å²) in [5.74, 6) is 0.394. The van der Waals surface area contributed by atoms with Gasteiger partial charge in [-0.25, -0.2) is 0 Å². The summed E-state index contributed by atoms with van der Waals surface area (Å²) in [4.78, 5) is 25.9. The third-order valence-electron chi connectivity index (χ3n) is 4.24. The lowest BCUT2D eigenvalue weighted by Crippen LogP contribution is -2.37. The molecule has 136 valence electrons. The van der Waals surface area contributed by atoms with E-state index >= 15 is 0 Å². The fraction of sp³-hybridized carbons (Fsp3) is 0.300. The quantitative estimate of drug-likeness (QED) is 0.787. The molecule has 3 rings (SSSR count). The minimum absolute atomic E-state index is 0.168. The maximum absolute atomic E-state index is 12.8. The van der Waals surface area contributed by atoms with E-state index in [9.17, 15) is 9.59 Å². The highest BCUT2D eigenvalue weighted by Gasteiger charge is 2.38. The molecule has 0 aromatic heterocycles. The van der Waals surface area contributed by atoms with Gasteiger partial charge < -0.3 is 15.0 Å². The van der Waals surface area contributed by atoms with Crippen LogP contribution in [0, 0.1) is 6.92 Å². The molecule has 26 heavy (non-hydrogen) atoms. The highest BCUT2D eigenvalue weighted by atomic mass is 35.5. The van der Waals surface area contributed by atoms with Crippen molar-refractivity contribution >= 4 is 29.1 Å². The molecular weight excluding hydrogens is 352 g/mol. The third-order valence-corrected chi connectivity index (χ3v) is 4.55. The van der Waals surface area contributed by atoms with Gasteiger partial charge in [-0.15, -0.1) is 0 Å². The van der Waals surface area contributed by atoms with Crippen LogP contribution in [0.25, 0.3) is 0 Å². The van der Waals surface area contributed by atoms with Gasteiger partial charge in [0.2, 0.25) is 5.91 Å². The van der Waals surface area contributed by atoms with E-state index in [-0.39, 0.29) is 11.8 Å². The molecule has 1 N–H and O–H groups in total. The van der Waals surface area contributed by atoms with E-state index in [2.05, 4.69) is 5.32 Å². The number of carbonyl (C=O) groups excluding carboxylic acids is 2. The van der Waals surface area contributed by atoms with Crippen molar-refractivity contribution in [1.29, 1.82) is 0 Å². The Kier molecular flexibility index (Phi) is 5.47. The van der Waals surface area contributed by atoms with Crippen LogP contribution in [0.4, 0.5) is 5.69 Å². The van der Waals surface area contributed by atoms with Crippen LogP contribution < -0.4 is 15.0 Å². The summed E-state index contributed by atoms with van der Waals surface area (Å²) in [7, 11) is 0. The smallest absolute Gasteiger partial charge is 0.254 e. The van der Waals surface area contributed by atoms with Crippen molar-refractivity contribution in [3.63, 3.8) is 0 Å². The summed E-state index contributed by atoms with van der Waals surface area (Å²) in [5, 5.41) is 3.21. The molecule has 0 spiro atoms. The number of halogens is 1. The number of para-hydroxylation sites is 1. The largest absolute Gasteiger partial charge is 0.494 e. The first-order valence-electron chi connectivity index (χ1n) is 8.53. The maximum Gasteiger partial charge on any atom is 0.254 e. The summed E-state index contributed by atoms with van der Waals surface area (Å²) in [5.41, 5.74) is 2.54. The second kappa shape index (κ2) is 7.79. The van der Waals surface area contributed by atoms with E-state index in [4.69, 9.17) is 16.3 Å². The van der Waals surface area contributed by atoms with Crippen LogP contribution in [0.1, 0.15) is 30.5 Å². The zero-order valence-corrected chi connectivity index (χ0v) is 15.5. The average Bonchev–Trinajstić information content (AvgIpc) is 2.85. The molecule has 5 nitrogen and oxygen atoms in total. The van der Waals surface area contributed by atoms with Gasteiger partial charge in [0, 0.05) is 19.0 Å². The van der Waals surface area contributed by atoms with Crippen molar-refractivity contribution in [3.05, 3.63) is 58.6 Å². The van der Waals surface area contributed by atoms with Crippen LogP contribution in [0.2, 0.25) is 5.02 Å². The molecule has 1 heterocycles. The molecule has 0 aliphatic carbocycles. The molecular formula is C20H21ClN2O3. The lowest BCUT2D eigenvalue weighted by Gasteiger charge is -2.19. The Bertz CT molecular complexity index is 838. The number of nitrogens with one attached hydrogen (secondary N) is 1. The summed E-state index contributed by atoms with van der Waals surface area (Å²) in [6.07, 6.45) is 0.650. The molecule has 0 radical (unpaired) electrons. The molecule has 1 aliphatic heterocycles. The number of amides is 2. The fourth-order valence-electron chi connectivity index (χ4n) is 3.13. The first-order valence-corrected chi connectivity index (χ1v) is 8.91. The fourth-order valence-corrected chi connectivity index (χ4v) is 3.42. The van der Waals surface area contributed by atoms with Crippen LogP contribution in [-0.4, -0.2) is 25.0 Å². The normalized spacial score (nSPS) is 15.7. The number of anilines is 1. The topological polar surface area (TPSA) is 58.6 Å². The molecule has 6 heteroatoms. The molecule has 1 aliphatic rings. The SMILES string of the molecule is CC(=O)N[C@@H]1C(=O)N(CCCOc2cccc(C)c2)c2c(Cl)cccc21. The van der Waals surface area contributed by atoms with Crippen LogP contribution in [-0.2, 0) is 9.59 Å². The number of carbonyl (C=O) groups is 2. The molecule has 2 aromatic carbocycles. The van der Waals surface area contributed by atoms with Crippen molar-refractivity contribution in [1.82, 2.24) is 5.32 Å². The lowest BCUT2D eigenvalue weighted by atomic mass is 10.1. The number of aryl methyl sites for hydroxylation is 1. The first kappa shape index (κ1) is 18.3. The minimum atomic E-state index is -0.682. The third kappa shape index (κ3) is 3.83. The van der Waals surface area contributed by atoms with E-state index in [0.29, 0.717) is 30.3 Å². The molecule has 1 atom stereocenters. The van der Waals surface area contributed by atoms with Gasteiger partial charge in [0.05, 0.1) is 17.3 Å². The number of rotatable bonds is 6. The molecule has 0 saturated carbocycles. The Morgan fingerprint density at radius 1 is 1.27 bits per heavy atom. The lowest BCUT2D eigenvalue weighted by molar-refractivity contribution is -0.126. The Labute approximate surface area is 157 Å². The second-order valence-corrected chi connectivity index (χ2v) is 6.73. The molecule has 0 unspecified atom stereocenters. The van der Waals surface area contributed by atoms with Crippen LogP contribution in [0.3, 0.4) is 0 Å². The molecule has 2 aromatic rings. The molecule has 0 saturated heterocycles. The number of nitrogens with zero attached hydrogens (tertiary/aromatic N) is 1. The minimum Gasteiger partial charge on any atom is -0.494 e. The van der Waals surface area contributed by atoms with E-state index in [1.807, 2.05) is 37.3 Å². The van der Waals surface area contributed by atoms with Gasteiger partial charge in [-0.3, -0.25) is 9.59 Å². The van der Waals surface area contributed by atoms with E-state index in [1.165, 1.54) is 6.92 Å². The standard InChI is InChI=1S/C20H21ClN2O3/c1-13-6-3-7-15(12-13)26-11-5-10-23-19-16(8-4-9-17(19)21)18(20(23)25)22-14(2)24/h3-4,6-9,12,18H,5,10-11H2,1-2H3,(H,22,24)/t18-/m0/s1. The van der Waals surface area contributed by atoms with Gasteiger partial charge in [0.15, 0.2) is 0 Å². The Balaban J connectivity index is 1.68.